The van der Waals surface area contributed by atoms with Gasteiger partial charge in [0.2, 0.25) is 0 Å². The lowest BCUT2D eigenvalue weighted by atomic mass is 9.74. The highest BCUT2D eigenvalue weighted by Gasteiger charge is 2.37. The summed E-state index contributed by atoms with van der Waals surface area (Å²) in [4.78, 5) is 10.9. The Bertz CT molecular complexity index is 595. The van der Waals surface area contributed by atoms with Gasteiger partial charge in [-0.3, -0.25) is 5.43 Å². The molecule has 1 aromatic carbocycles. The number of hydrazone groups is 1. The number of carbonyl (C=O) groups is 1. The second-order valence-electron chi connectivity index (χ2n) is 4.85. The number of nitrogens with zero attached hydrogens (tertiary/aromatic N) is 1. The lowest BCUT2D eigenvalue weighted by Crippen LogP contribution is -2.33. The van der Waals surface area contributed by atoms with Crippen molar-refractivity contribution in [3.8, 4) is 0 Å². The molecule has 0 spiro atoms. The van der Waals surface area contributed by atoms with E-state index >= 15 is 0 Å². The molecule has 0 aliphatic heterocycles. The minimum Gasteiger partial charge on any atom is -0.478 e. The molecule has 0 aromatic heterocycles. The van der Waals surface area contributed by atoms with E-state index in [0.29, 0.717) is 22.5 Å². The molecule has 2 aliphatic carbocycles. The Kier molecular flexibility index (Phi) is 3.03. The first-order chi connectivity index (χ1) is 9.15. The molecule has 0 radical (unpaired) electrons. The minimum atomic E-state index is -0.976. The second kappa shape index (κ2) is 4.70. The maximum atomic E-state index is 10.9. The van der Waals surface area contributed by atoms with Crippen molar-refractivity contribution in [3.05, 3.63) is 40.9 Å². The van der Waals surface area contributed by atoms with Gasteiger partial charge >= 0.3 is 5.97 Å². The molecule has 0 heterocycles. The summed E-state index contributed by atoms with van der Waals surface area (Å²) in [5.74, 6) is 0.186. The predicted molar refractivity (Wildman–Crippen MR) is 74.8 cm³/mol. The molecule has 0 saturated heterocycles. The van der Waals surface area contributed by atoms with E-state index in [4.69, 9.17) is 16.7 Å². The third kappa shape index (κ3) is 2.24. The normalized spacial score (nSPS) is 26.1. The van der Waals surface area contributed by atoms with Gasteiger partial charge in [0, 0.05) is 11.6 Å². The summed E-state index contributed by atoms with van der Waals surface area (Å²) in [6.45, 7) is 0. The van der Waals surface area contributed by atoms with Crippen molar-refractivity contribution in [1.82, 2.24) is 0 Å². The van der Waals surface area contributed by atoms with E-state index < -0.39 is 5.97 Å². The van der Waals surface area contributed by atoms with E-state index in [1.54, 1.807) is 6.07 Å². The fourth-order valence-electron chi connectivity index (χ4n) is 2.54. The molecule has 1 aromatic rings. The largest absolute Gasteiger partial charge is 0.478 e. The van der Waals surface area contributed by atoms with E-state index in [-0.39, 0.29) is 5.56 Å². The second-order valence-corrected chi connectivity index (χ2v) is 5.26. The molecular weight excluding hydrogens is 264 g/mol. The maximum absolute atomic E-state index is 10.9. The average molecular weight is 277 g/mol. The minimum absolute atomic E-state index is 0.195. The van der Waals surface area contributed by atoms with Crippen molar-refractivity contribution >= 4 is 29.0 Å². The van der Waals surface area contributed by atoms with Gasteiger partial charge in [-0.15, -0.1) is 0 Å². The lowest BCUT2D eigenvalue weighted by Gasteiger charge is -2.32. The van der Waals surface area contributed by atoms with Gasteiger partial charge in [0.1, 0.15) is 0 Å². The van der Waals surface area contributed by atoms with Gasteiger partial charge in [0.15, 0.2) is 0 Å². The molecule has 2 N–H and O–H groups in total. The summed E-state index contributed by atoms with van der Waals surface area (Å²) in [6, 6.07) is 4.54. The van der Waals surface area contributed by atoms with Crippen LogP contribution in [-0.4, -0.2) is 16.8 Å². The number of halogens is 1. The van der Waals surface area contributed by atoms with Gasteiger partial charge in [-0.2, -0.15) is 5.10 Å². The number of carboxylic acids is 1. The Balaban J connectivity index is 1.75. The number of hydrogen-bond acceptors (Lipinski definition) is 3. The Hall–Kier alpha value is -1.81. The molecule has 1 saturated carbocycles. The lowest BCUT2D eigenvalue weighted by molar-refractivity contribution is 0.0697. The Morgan fingerprint density at radius 3 is 3.05 bits per heavy atom. The van der Waals surface area contributed by atoms with E-state index in [2.05, 4.69) is 22.7 Å². The van der Waals surface area contributed by atoms with Crippen LogP contribution in [0, 0.1) is 11.8 Å². The summed E-state index contributed by atoms with van der Waals surface area (Å²) in [7, 11) is 0. The topological polar surface area (TPSA) is 61.7 Å². The first-order valence-electron chi connectivity index (χ1n) is 6.17. The summed E-state index contributed by atoms with van der Waals surface area (Å²) >= 11 is 6.02. The van der Waals surface area contributed by atoms with Crippen LogP contribution in [0.4, 0.5) is 5.69 Å². The molecule has 5 heteroatoms. The summed E-state index contributed by atoms with van der Waals surface area (Å²) in [5, 5.41) is 13.8. The number of benzene rings is 1. The van der Waals surface area contributed by atoms with Gasteiger partial charge < -0.3 is 5.11 Å². The van der Waals surface area contributed by atoms with Crippen LogP contribution in [0.3, 0.4) is 0 Å². The van der Waals surface area contributed by atoms with Crippen molar-refractivity contribution in [2.24, 2.45) is 16.9 Å². The van der Waals surface area contributed by atoms with Crippen LogP contribution < -0.4 is 5.43 Å². The monoisotopic (exact) mass is 276 g/mol. The number of anilines is 1. The third-order valence-corrected chi connectivity index (χ3v) is 4.03. The Morgan fingerprint density at radius 2 is 2.32 bits per heavy atom. The van der Waals surface area contributed by atoms with Crippen molar-refractivity contribution in [1.29, 1.82) is 0 Å². The van der Waals surface area contributed by atoms with Crippen LogP contribution in [0.25, 0.3) is 0 Å². The zero-order valence-corrected chi connectivity index (χ0v) is 10.9. The number of carboxylic acid groups (broad SMARTS) is 1. The number of allylic oxidation sites excluding steroid dienone is 2. The highest BCUT2D eigenvalue weighted by Crippen LogP contribution is 2.40. The molecule has 2 aliphatic rings. The number of rotatable bonds is 3. The van der Waals surface area contributed by atoms with Gasteiger partial charge in [-0.05, 0) is 37.0 Å². The van der Waals surface area contributed by atoms with E-state index in [1.807, 2.05) is 0 Å². The maximum Gasteiger partial charge on any atom is 0.335 e. The van der Waals surface area contributed by atoms with Crippen LogP contribution in [0.2, 0.25) is 5.02 Å². The Labute approximate surface area is 115 Å². The highest BCUT2D eigenvalue weighted by atomic mass is 35.5. The van der Waals surface area contributed by atoms with Crippen LogP contribution in [-0.2, 0) is 0 Å². The molecule has 19 heavy (non-hydrogen) atoms. The molecule has 0 bridgehead atoms. The van der Waals surface area contributed by atoms with Gasteiger partial charge in [0.25, 0.3) is 0 Å². The molecule has 1 fully saturated rings. The Morgan fingerprint density at radius 1 is 1.47 bits per heavy atom. The van der Waals surface area contributed by atoms with Crippen molar-refractivity contribution < 1.29 is 9.90 Å². The molecule has 3 rings (SSSR count). The number of fused-ring (bicyclic) bond motifs is 1. The fraction of sp³-hybridized carbons (Fsp3) is 0.286. The number of aromatic carboxylic acids is 1. The molecular formula is C14H13ClN2O2. The molecule has 4 nitrogen and oxygen atoms in total. The fourth-order valence-corrected chi connectivity index (χ4v) is 2.70. The zero-order valence-electron chi connectivity index (χ0n) is 10.1. The van der Waals surface area contributed by atoms with Crippen LogP contribution in [0.1, 0.15) is 23.2 Å². The quantitative estimate of drug-likeness (QED) is 0.657. The standard InChI is InChI=1S/C14H13ClN2O2/c15-11-5-4-9(14(18)19)7-13(11)17-16-12-6-8-2-1-3-10(8)12/h1-2,4-5,7-8,10,17H,3,6H2,(H,18,19)/b16-12-/t8-,10-/m1/s1. The number of nitrogens with one attached hydrogen (secondary N) is 1. The third-order valence-electron chi connectivity index (χ3n) is 3.70. The van der Waals surface area contributed by atoms with E-state index in [9.17, 15) is 4.79 Å². The van der Waals surface area contributed by atoms with Crippen molar-refractivity contribution in [2.45, 2.75) is 12.8 Å². The molecule has 0 amide bonds. The van der Waals surface area contributed by atoms with Crippen molar-refractivity contribution in [3.63, 3.8) is 0 Å². The van der Waals surface area contributed by atoms with E-state index in [0.717, 1.165) is 18.6 Å². The smallest absolute Gasteiger partial charge is 0.335 e. The summed E-state index contributed by atoms with van der Waals surface area (Å²) < 4.78 is 0. The SMILES string of the molecule is O=C(O)c1ccc(Cl)c(N/N=C2/C[C@H]3C=CC[C@@H]23)c1. The first-order valence-corrected chi connectivity index (χ1v) is 6.55. The molecule has 0 unspecified atom stereocenters. The zero-order chi connectivity index (χ0) is 13.4. The summed E-state index contributed by atoms with van der Waals surface area (Å²) in [5.41, 5.74) is 4.75. The van der Waals surface area contributed by atoms with Crippen LogP contribution in [0.15, 0.2) is 35.5 Å². The van der Waals surface area contributed by atoms with Gasteiger partial charge in [-0.25, -0.2) is 4.79 Å². The first kappa shape index (κ1) is 12.2. The average Bonchev–Trinajstić information content (AvgIpc) is 2.73. The van der Waals surface area contributed by atoms with Gasteiger partial charge in [0.05, 0.1) is 16.3 Å². The molecule has 2 atom stereocenters. The van der Waals surface area contributed by atoms with Crippen LogP contribution in [0.5, 0.6) is 0 Å². The highest BCUT2D eigenvalue weighted by molar-refractivity contribution is 6.33. The van der Waals surface area contributed by atoms with E-state index in [1.165, 1.54) is 12.1 Å². The van der Waals surface area contributed by atoms with Gasteiger partial charge in [-0.1, -0.05) is 23.8 Å². The molecule has 98 valence electrons. The number of hydrogen-bond donors (Lipinski definition) is 2. The van der Waals surface area contributed by atoms with Crippen molar-refractivity contribution in [2.75, 3.05) is 5.43 Å². The predicted octanol–water partition coefficient (Wildman–Crippen LogP) is 3.40. The summed E-state index contributed by atoms with van der Waals surface area (Å²) in [6.07, 6.45) is 6.45. The van der Waals surface area contributed by atoms with Crippen LogP contribution >= 0.6 is 11.6 Å².